The Kier molecular flexibility index (Phi) is 4.87. The van der Waals surface area contributed by atoms with E-state index >= 15 is 0 Å². The predicted molar refractivity (Wildman–Crippen MR) is 106 cm³/mol. The zero-order chi connectivity index (χ0) is 19.7. The Morgan fingerprint density at radius 3 is 2.57 bits per heavy atom. The molecule has 0 aliphatic carbocycles. The van der Waals surface area contributed by atoms with Crippen LogP contribution >= 0.6 is 0 Å². The Bertz CT molecular complexity index is 1030. The molecule has 1 aromatic carbocycles. The first-order valence-corrected chi connectivity index (χ1v) is 9.40. The van der Waals surface area contributed by atoms with Gasteiger partial charge < -0.3 is 4.90 Å². The van der Waals surface area contributed by atoms with Crippen LogP contribution in [0, 0.1) is 13.8 Å². The molecule has 8 heteroatoms. The number of piperazine rings is 1. The SMILES string of the molecule is Cc1ccc(-n2[nH]c(C(=O)N3CCN(Cc4cn[nH]c4)CC3)cc2=O)cc1C. The number of nitrogens with zero attached hydrogens (tertiary/aromatic N) is 4. The van der Waals surface area contributed by atoms with Crippen molar-refractivity contribution in [1.29, 1.82) is 0 Å². The summed E-state index contributed by atoms with van der Waals surface area (Å²) in [5, 5.41) is 9.76. The fourth-order valence-corrected chi connectivity index (χ4v) is 3.46. The number of nitrogens with one attached hydrogen (secondary N) is 2. The number of hydrogen-bond donors (Lipinski definition) is 2. The molecule has 0 radical (unpaired) electrons. The summed E-state index contributed by atoms with van der Waals surface area (Å²) in [6, 6.07) is 7.17. The molecule has 4 rings (SSSR count). The third-order valence-corrected chi connectivity index (χ3v) is 5.32. The molecule has 146 valence electrons. The minimum atomic E-state index is -0.231. The minimum Gasteiger partial charge on any atom is -0.335 e. The van der Waals surface area contributed by atoms with Gasteiger partial charge in [0.2, 0.25) is 0 Å². The minimum absolute atomic E-state index is 0.136. The van der Waals surface area contributed by atoms with Gasteiger partial charge in [-0.05, 0) is 37.1 Å². The largest absolute Gasteiger partial charge is 0.335 e. The second-order valence-corrected chi connectivity index (χ2v) is 7.29. The number of aromatic amines is 2. The second kappa shape index (κ2) is 7.47. The number of H-pyrrole nitrogens is 2. The molecule has 0 atom stereocenters. The van der Waals surface area contributed by atoms with Crippen molar-refractivity contribution in [1.82, 2.24) is 29.8 Å². The van der Waals surface area contributed by atoms with E-state index in [1.165, 1.54) is 10.7 Å². The van der Waals surface area contributed by atoms with Crippen molar-refractivity contribution in [2.24, 2.45) is 0 Å². The highest BCUT2D eigenvalue weighted by atomic mass is 16.2. The third-order valence-electron chi connectivity index (χ3n) is 5.32. The fourth-order valence-electron chi connectivity index (χ4n) is 3.46. The van der Waals surface area contributed by atoms with E-state index < -0.39 is 0 Å². The summed E-state index contributed by atoms with van der Waals surface area (Å²) >= 11 is 0. The monoisotopic (exact) mass is 380 g/mol. The molecular weight excluding hydrogens is 356 g/mol. The lowest BCUT2D eigenvalue weighted by atomic mass is 10.1. The molecule has 0 spiro atoms. The van der Waals surface area contributed by atoms with Crippen LogP contribution in [0.25, 0.3) is 5.69 Å². The average Bonchev–Trinajstić information content (AvgIpc) is 3.34. The highest BCUT2D eigenvalue weighted by molar-refractivity contribution is 5.92. The van der Waals surface area contributed by atoms with Gasteiger partial charge in [0, 0.05) is 50.6 Å². The Labute approximate surface area is 162 Å². The van der Waals surface area contributed by atoms with Crippen LogP contribution in [0.1, 0.15) is 27.2 Å². The van der Waals surface area contributed by atoms with E-state index in [0.717, 1.165) is 42.0 Å². The number of amides is 1. The van der Waals surface area contributed by atoms with Gasteiger partial charge in [0.15, 0.2) is 0 Å². The van der Waals surface area contributed by atoms with E-state index in [1.54, 1.807) is 4.90 Å². The fraction of sp³-hybridized carbons (Fsp3) is 0.350. The van der Waals surface area contributed by atoms with E-state index in [-0.39, 0.29) is 11.5 Å². The van der Waals surface area contributed by atoms with Crippen molar-refractivity contribution in [2.45, 2.75) is 20.4 Å². The van der Waals surface area contributed by atoms with E-state index in [9.17, 15) is 9.59 Å². The molecular formula is C20H24N6O2. The first kappa shape index (κ1) is 18.2. The maximum Gasteiger partial charge on any atom is 0.272 e. The summed E-state index contributed by atoms with van der Waals surface area (Å²) in [6.45, 7) is 7.69. The van der Waals surface area contributed by atoms with Crippen LogP contribution < -0.4 is 5.56 Å². The van der Waals surface area contributed by atoms with Crippen LogP contribution in [0.2, 0.25) is 0 Å². The molecule has 0 unspecified atom stereocenters. The topological polar surface area (TPSA) is 90.0 Å². The van der Waals surface area contributed by atoms with Crippen molar-refractivity contribution in [3.8, 4) is 5.69 Å². The standard InChI is InChI=1S/C20H24N6O2/c1-14-3-4-17(9-15(14)2)26-19(27)10-18(23-26)20(28)25-7-5-24(6-8-25)13-16-11-21-22-12-16/h3-4,9-12,23H,5-8,13H2,1-2H3,(H,21,22). The van der Waals surface area contributed by atoms with Gasteiger partial charge in [-0.2, -0.15) is 5.10 Å². The molecule has 8 nitrogen and oxygen atoms in total. The molecule has 1 fully saturated rings. The second-order valence-electron chi connectivity index (χ2n) is 7.29. The highest BCUT2D eigenvalue weighted by Gasteiger charge is 2.24. The summed E-state index contributed by atoms with van der Waals surface area (Å²) < 4.78 is 1.43. The summed E-state index contributed by atoms with van der Waals surface area (Å²) in [6.07, 6.45) is 3.70. The summed E-state index contributed by atoms with van der Waals surface area (Å²) in [4.78, 5) is 29.3. The molecule has 0 bridgehead atoms. The molecule has 1 amide bonds. The van der Waals surface area contributed by atoms with Crippen molar-refractivity contribution in [3.05, 3.63) is 69.4 Å². The molecule has 3 aromatic rings. The zero-order valence-corrected chi connectivity index (χ0v) is 16.1. The number of carbonyl (C=O) groups is 1. The number of benzene rings is 1. The molecule has 3 heterocycles. The highest BCUT2D eigenvalue weighted by Crippen LogP contribution is 2.13. The van der Waals surface area contributed by atoms with Gasteiger partial charge in [-0.3, -0.25) is 24.7 Å². The van der Waals surface area contributed by atoms with Crippen molar-refractivity contribution in [3.63, 3.8) is 0 Å². The first-order valence-electron chi connectivity index (χ1n) is 9.40. The molecule has 0 saturated carbocycles. The smallest absolute Gasteiger partial charge is 0.272 e. The Hall–Kier alpha value is -3.13. The number of rotatable bonds is 4. The van der Waals surface area contributed by atoms with Crippen molar-refractivity contribution >= 4 is 5.91 Å². The van der Waals surface area contributed by atoms with Gasteiger partial charge in [0.1, 0.15) is 5.69 Å². The maximum atomic E-state index is 12.9. The molecule has 1 saturated heterocycles. The molecule has 1 aliphatic rings. The van der Waals surface area contributed by atoms with Crippen LogP contribution in [0.5, 0.6) is 0 Å². The number of aryl methyl sites for hydroxylation is 2. The van der Waals surface area contributed by atoms with Gasteiger partial charge in [-0.1, -0.05) is 6.07 Å². The van der Waals surface area contributed by atoms with E-state index in [2.05, 4.69) is 20.2 Å². The van der Waals surface area contributed by atoms with Gasteiger partial charge in [-0.25, -0.2) is 4.68 Å². The maximum absolute atomic E-state index is 12.9. The lowest BCUT2D eigenvalue weighted by Crippen LogP contribution is -2.48. The number of aromatic nitrogens is 4. The van der Waals surface area contributed by atoms with Crippen molar-refractivity contribution < 1.29 is 4.79 Å². The van der Waals surface area contributed by atoms with Crippen LogP contribution in [0.15, 0.2) is 41.5 Å². The van der Waals surface area contributed by atoms with E-state index in [0.29, 0.717) is 18.8 Å². The van der Waals surface area contributed by atoms with Crippen LogP contribution in [-0.4, -0.2) is 61.9 Å². The summed E-state index contributed by atoms with van der Waals surface area (Å²) in [5.41, 5.74) is 4.22. The van der Waals surface area contributed by atoms with Crippen LogP contribution in [0.3, 0.4) is 0 Å². The van der Waals surface area contributed by atoms with Crippen LogP contribution in [0.4, 0.5) is 0 Å². The molecule has 2 aromatic heterocycles. The van der Waals surface area contributed by atoms with Gasteiger partial charge in [0.05, 0.1) is 11.9 Å². The quantitative estimate of drug-likeness (QED) is 0.717. The van der Waals surface area contributed by atoms with Gasteiger partial charge in [0.25, 0.3) is 11.5 Å². The lowest BCUT2D eigenvalue weighted by Gasteiger charge is -2.34. The predicted octanol–water partition coefficient (Wildman–Crippen LogP) is 1.46. The molecule has 28 heavy (non-hydrogen) atoms. The Morgan fingerprint density at radius 1 is 1.11 bits per heavy atom. The third kappa shape index (κ3) is 3.63. The van der Waals surface area contributed by atoms with Crippen molar-refractivity contribution in [2.75, 3.05) is 26.2 Å². The summed E-state index contributed by atoms with van der Waals surface area (Å²) in [5.74, 6) is -0.136. The Balaban J connectivity index is 1.44. The number of carbonyl (C=O) groups excluding carboxylic acids is 1. The molecule has 1 aliphatic heterocycles. The van der Waals surface area contributed by atoms with E-state index in [1.807, 2.05) is 44.4 Å². The number of hydrogen-bond acceptors (Lipinski definition) is 4. The lowest BCUT2D eigenvalue weighted by molar-refractivity contribution is 0.0622. The zero-order valence-electron chi connectivity index (χ0n) is 16.1. The average molecular weight is 380 g/mol. The normalized spacial score (nSPS) is 15.1. The summed E-state index contributed by atoms with van der Waals surface area (Å²) in [7, 11) is 0. The van der Waals surface area contributed by atoms with Gasteiger partial charge in [-0.15, -0.1) is 0 Å². The van der Waals surface area contributed by atoms with E-state index in [4.69, 9.17) is 0 Å². The van der Waals surface area contributed by atoms with Crippen LogP contribution in [-0.2, 0) is 6.54 Å². The Morgan fingerprint density at radius 2 is 1.89 bits per heavy atom. The molecule has 2 N–H and O–H groups in total. The first-order chi connectivity index (χ1) is 13.5. The van der Waals surface area contributed by atoms with Gasteiger partial charge >= 0.3 is 0 Å².